The maximum absolute atomic E-state index is 11.1. The quantitative estimate of drug-likeness (QED) is 0.290. The number of nitrogens with zero attached hydrogens (tertiary/aromatic N) is 6. The minimum absolute atomic E-state index is 0. The summed E-state index contributed by atoms with van der Waals surface area (Å²) >= 11 is 12.6. The lowest BCUT2D eigenvalue weighted by Gasteiger charge is -2.31. The summed E-state index contributed by atoms with van der Waals surface area (Å²) in [6.07, 6.45) is 7.67. The summed E-state index contributed by atoms with van der Waals surface area (Å²) in [5.74, 6) is 1.19. The third-order valence-electron chi connectivity index (χ3n) is 8.54. The molecule has 232 valence electrons. The van der Waals surface area contributed by atoms with Crippen molar-refractivity contribution in [2.75, 3.05) is 38.1 Å². The largest absolute Gasteiger partial charge is 0.481 e. The first-order valence-electron chi connectivity index (χ1n) is 14.2. The van der Waals surface area contributed by atoms with E-state index in [2.05, 4.69) is 31.7 Å². The molecule has 0 aliphatic carbocycles. The van der Waals surface area contributed by atoms with Gasteiger partial charge in [-0.2, -0.15) is 0 Å². The molecule has 0 saturated carbocycles. The summed E-state index contributed by atoms with van der Waals surface area (Å²) in [6.45, 7) is 4.45. The summed E-state index contributed by atoms with van der Waals surface area (Å²) in [7, 11) is 2.19. The van der Waals surface area contributed by atoms with Crippen molar-refractivity contribution in [3.05, 3.63) is 58.3 Å². The molecular weight excluding hydrogens is 634 g/mol. The van der Waals surface area contributed by atoms with Crippen LogP contribution in [0.2, 0.25) is 10.0 Å². The molecular formula is C30H36Cl4N6O3. The third-order valence-corrected chi connectivity index (χ3v) is 8.98. The number of carbonyl (C=O) groups is 1. The number of aliphatic carboxylic acids is 1. The Hall–Kier alpha value is -2.40. The van der Waals surface area contributed by atoms with E-state index in [0.29, 0.717) is 46.0 Å². The first-order chi connectivity index (χ1) is 19.8. The van der Waals surface area contributed by atoms with Gasteiger partial charge in [0.25, 0.3) is 0 Å². The van der Waals surface area contributed by atoms with E-state index in [1.54, 1.807) is 18.5 Å². The van der Waals surface area contributed by atoms with Crippen LogP contribution in [0.15, 0.2) is 42.7 Å². The summed E-state index contributed by atoms with van der Waals surface area (Å²) in [5.41, 5.74) is 2.53. The second kappa shape index (κ2) is 14.6. The molecule has 13 heteroatoms. The zero-order valence-corrected chi connectivity index (χ0v) is 27.0. The van der Waals surface area contributed by atoms with Crippen molar-refractivity contribution in [3.63, 3.8) is 0 Å². The van der Waals surface area contributed by atoms with Crippen LogP contribution in [0.4, 0.5) is 5.95 Å². The van der Waals surface area contributed by atoms with Crippen LogP contribution in [0.25, 0.3) is 11.3 Å². The molecule has 0 spiro atoms. The summed E-state index contributed by atoms with van der Waals surface area (Å²) in [6, 6.07) is 10.4. The first kappa shape index (κ1) is 33.5. The molecule has 2 aromatic heterocycles. The first-order valence-corrected chi connectivity index (χ1v) is 14.9. The molecule has 1 aromatic carbocycles. The Morgan fingerprint density at radius 1 is 0.930 bits per heavy atom. The lowest BCUT2D eigenvalue weighted by molar-refractivity contribution is -0.138. The minimum Gasteiger partial charge on any atom is -0.481 e. The van der Waals surface area contributed by atoms with E-state index in [1.807, 2.05) is 24.3 Å². The number of halogens is 4. The van der Waals surface area contributed by atoms with Gasteiger partial charge < -0.3 is 19.6 Å². The lowest BCUT2D eigenvalue weighted by atomic mass is 9.93. The maximum atomic E-state index is 11.1. The molecule has 3 aromatic rings. The van der Waals surface area contributed by atoms with Crippen LogP contribution in [-0.2, 0) is 11.3 Å². The maximum Gasteiger partial charge on any atom is 0.303 e. The Bertz CT molecular complexity index is 1390. The zero-order valence-electron chi connectivity index (χ0n) is 23.9. The van der Waals surface area contributed by atoms with Crippen molar-refractivity contribution in [3.8, 4) is 22.9 Å². The fourth-order valence-corrected chi connectivity index (χ4v) is 7.01. The topological polar surface area (TPSA) is 94.9 Å². The fraction of sp³-hybridized carbons (Fsp3) is 0.467. The van der Waals surface area contributed by atoms with Gasteiger partial charge in [-0.25, -0.2) is 15.0 Å². The van der Waals surface area contributed by atoms with Gasteiger partial charge in [0.1, 0.15) is 0 Å². The molecule has 6 rings (SSSR count). The molecule has 3 fully saturated rings. The number of likely N-dealkylation sites (tertiary alicyclic amines) is 2. The predicted octanol–water partition coefficient (Wildman–Crippen LogP) is 6.45. The van der Waals surface area contributed by atoms with Crippen LogP contribution in [-0.4, -0.2) is 81.1 Å². The van der Waals surface area contributed by atoms with Crippen molar-refractivity contribution >= 4 is 59.9 Å². The number of fused-ring (bicyclic) bond motifs is 1. The molecule has 5 heterocycles. The van der Waals surface area contributed by atoms with Crippen LogP contribution >= 0.6 is 48.0 Å². The molecule has 3 saturated heterocycles. The number of pyridine rings is 1. The van der Waals surface area contributed by atoms with Crippen LogP contribution < -0.4 is 9.64 Å². The highest BCUT2D eigenvalue weighted by molar-refractivity contribution is 6.35. The van der Waals surface area contributed by atoms with Gasteiger partial charge in [0.15, 0.2) is 5.75 Å². The Morgan fingerprint density at radius 3 is 2.28 bits per heavy atom. The summed E-state index contributed by atoms with van der Waals surface area (Å²) < 4.78 is 6.20. The molecule has 0 radical (unpaired) electrons. The van der Waals surface area contributed by atoms with Gasteiger partial charge in [0.2, 0.25) is 11.8 Å². The molecule has 3 aliphatic rings. The Balaban J connectivity index is 0.00000212. The van der Waals surface area contributed by atoms with Crippen LogP contribution in [0.3, 0.4) is 0 Å². The number of anilines is 1. The average Bonchev–Trinajstić information content (AvgIpc) is 3.52. The van der Waals surface area contributed by atoms with E-state index in [1.165, 1.54) is 0 Å². The Morgan fingerprint density at radius 2 is 1.60 bits per heavy atom. The number of hydrogen-bond donors (Lipinski definition) is 1. The smallest absolute Gasteiger partial charge is 0.303 e. The van der Waals surface area contributed by atoms with Crippen molar-refractivity contribution in [1.29, 1.82) is 0 Å². The third kappa shape index (κ3) is 8.01. The van der Waals surface area contributed by atoms with E-state index in [4.69, 9.17) is 38.0 Å². The highest BCUT2D eigenvalue weighted by Gasteiger charge is 2.41. The number of likely N-dealkylation sites (N-methyl/N-ethyl adjacent to an activating group) is 1. The minimum atomic E-state index is -0.725. The Kier molecular flexibility index (Phi) is 11.4. The second-order valence-corrected chi connectivity index (χ2v) is 12.3. The zero-order chi connectivity index (χ0) is 28.5. The van der Waals surface area contributed by atoms with Crippen molar-refractivity contribution in [2.45, 2.75) is 50.7 Å². The standard InChI is InChI=1S/C30H34Cl2N6O3.2ClH/c1-36-6-4-27-26(36)5-9-38(27)30-33-16-24(17-34-30)41-28-11-20(18-37-7-2-19(3-8-37)12-29(39)40)10-25(35-28)21-13-22(31)15-23(32)14-21;;/h10-11,13-17,19,26-27H,2-9,12,18H2,1H3,(H,39,40);2*1H/t26-,27-;;/m0../s1. The van der Waals surface area contributed by atoms with Crippen LogP contribution in [0.5, 0.6) is 11.6 Å². The Labute approximate surface area is 274 Å². The molecule has 43 heavy (non-hydrogen) atoms. The molecule has 0 bridgehead atoms. The number of rotatable bonds is 8. The van der Waals surface area contributed by atoms with E-state index >= 15 is 0 Å². The predicted molar refractivity (Wildman–Crippen MR) is 173 cm³/mol. The lowest BCUT2D eigenvalue weighted by Crippen LogP contribution is -2.35. The number of benzene rings is 1. The van der Waals surface area contributed by atoms with Crippen LogP contribution in [0, 0.1) is 5.92 Å². The number of carboxylic acids is 1. The molecule has 2 atom stereocenters. The average molecular weight is 670 g/mol. The number of carboxylic acid groups (broad SMARTS) is 1. The van der Waals surface area contributed by atoms with Gasteiger partial charge in [-0.15, -0.1) is 24.8 Å². The second-order valence-electron chi connectivity index (χ2n) is 11.4. The monoisotopic (exact) mass is 668 g/mol. The fourth-order valence-electron chi connectivity index (χ4n) is 6.49. The van der Waals surface area contributed by atoms with E-state index in [9.17, 15) is 4.79 Å². The summed E-state index contributed by atoms with van der Waals surface area (Å²) in [4.78, 5) is 32.3. The van der Waals surface area contributed by atoms with Gasteiger partial charge in [0.05, 0.1) is 18.1 Å². The van der Waals surface area contributed by atoms with Gasteiger partial charge in [-0.05, 0) is 81.6 Å². The number of piperidine rings is 1. The van der Waals surface area contributed by atoms with Crippen molar-refractivity contribution < 1.29 is 14.6 Å². The van der Waals surface area contributed by atoms with Crippen molar-refractivity contribution in [2.24, 2.45) is 5.92 Å². The SMILES string of the molecule is CN1CC[C@H]2[C@@H]1CCN2c1ncc(Oc2cc(CN3CCC(CC(=O)O)CC3)cc(-c3cc(Cl)cc(Cl)c3)n2)cn1.Cl.Cl. The highest BCUT2D eigenvalue weighted by Crippen LogP contribution is 2.34. The molecule has 9 nitrogen and oxygen atoms in total. The highest BCUT2D eigenvalue weighted by atomic mass is 35.5. The van der Waals surface area contributed by atoms with Gasteiger partial charge in [-0.1, -0.05) is 23.2 Å². The molecule has 1 N–H and O–H groups in total. The molecule has 3 aliphatic heterocycles. The van der Waals surface area contributed by atoms with Gasteiger partial charge in [0, 0.05) is 59.8 Å². The molecule has 0 amide bonds. The normalized spacial score (nSPS) is 20.8. The number of ether oxygens (including phenoxy) is 1. The van der Waals surface area contributed by atoms with E-state index < -0.39 is 5.97 Å². The van der Waals surface area contributed by atoms with E-state index in [-0.39, 0.29) is 37.2 Å². The van der Waals surface area contributed by atoms with Crippen LogP contribution in [0.1, 0.15) is 37.7 Å². The van der Waals surface area contributed by atoms with Gasteiger partial charge >= 0.3 is 5.97 Å². The van der Waals surface area contributed by atoms with Gasteiger partial charge in [-0.3, -0.25) is 9.69 Å². The number of hydrogen-bond acceptors (Lipinski definition) is 8. The van der Waals surface area contributed by atoms with E-state index in [0.717, 1.165) is 68.9 Å². The summed E-state index contributed by atoms with van der Waals surface area (Å²) in [5, 5.41) is 10.2. The van der Waals surface area contributed by atoms with Crippen molar-refractivity contribution in [1.82, 2.24) is 24.8 Å². The molecule has 0 unspecified atom stereocenters. The number of aromatic nitrogens is 3.